The van der Waals surface area contributed by atoms with Gasteiger partial charge < -0.3 is 5.32 Å². The van der Waals surface area contributed by atoms with E-state index in [-0.39, 0.29) is 24.8 Å². The van der Waals surface area contributed by atoms with E-state index in [4.69, 9.17) is 0 Å². The molecule has 8 heteroatoms. The van der Waals surface area contributed by atoms with E-state index < -0.39 is 6.55 Å². The fourth-order valence-corrected chi connectivity index (χ4v) is 1.90. The monoisotopic (exact) mass is 302 g/mol. The minimum Gasteiger partial charge on any atom is -0.315 e. The minimum atomic E-state index is -2.50. The van der Waals surface area contributed by atoms with Gasteiger partial charge in [0.25, 0.3) is 0 Å². The lowest BCUT2D eigenvalue weighted by molar-refractivity contribution is 0.0640. The topological polar surface area (TPSA) is 33.1 Å². The Balaban J connectivity index is 0.00000144. The second-order valence-electron chi connectivity index (χ2n) is 3.91. The summed E-state index contributed by atoms with van der Waals surface area (Å²) >= 11 is 0. The van der Waals surface area contributed by atoms with Crippen LogP contribution in [-0.2, 0) is 6.54 Å². The molecule has 0 unspecified atom stereocenters. The second-order valence-corrected chi connectivity index (χ2v) is 3.91. The largest absolute Gasteiger partial charge is 0.319 e. The molecular weight excluding hydrogens is 285 g/mol. The van der Waals surface area contributed by atoms with Gasteiger partial charge in [-0.15, -0.1) is 24.8 Å². The highest BCUT2D eigenvalue weighted by atomic mass is 35.5. The molecule has 0 aliphatic carbocycles. The molecule has 0 atom stereocenters. The predicted octanol–water partition coefficient (Wildman–Crippen LogP) is 1.92. The number of hydrogen-bond acceptors (Lipinski definition) is 3. The van der Waals surface area contributed by atoms with Gasteiger partial charge in [0.15, 0.2) is 0 Å². The van der Waals surface area contributed by atoms with Crippen molar-refractivity contribution in [2.24, 2.45) is 0 Å². The Morgan fingerprint density at radius 3 is 2.78 bits per heavy atom. The molecule has 18 heavy (non-hydrogen) atoms. The summed E-state index contributed by atoms with van der Waals surface area (Å²) in [4.78, 5) is 6.14. The third-order valence-electron chi connectivity index (χ3n) is 2.76. The number of nitrogens with zero attached hydrogens (tertiary/aromatic N) is 3. The highest BCUT2D eigenvalue weighted by Gasteiger charge is 2.15. The molecule has 0 spiro atoms. The number of hydrogen-bond donors (Lipinski definition) is 1. The average Bonchev–Trinajstić information content (AvgIpc) is 2.55. The Kier molecular flexibility index (Phi) is 8.43. The number of rotatable bonds is 3. The van der Waals surface area contributed by atoms with Crippen molar-refractivity contribution in [2.45, 2.75) is 19.5 Å². The molecule has 1 aliphatic heterocycles. The second kappa shape index (κ2) is 8.63. The molecule has 0 aromatic carbocycles. The van der Waals surface area contributed by atoms with Gasteiger partial charge in [-0.3, -0.25) is 9.47 Å². The zero-order valence-electron chi connectivity index (χ0n) is 9.89. The quantitative estimate of drug-likeness (QED) is 0.926. The van der Waals surface area contributed by atoms with Gasteiger partial charge in [-0.25, -0.2) is 4.98 Å². The molecule has 1 aliphatic rings. The normalized spacial score (nSPS) is 16.8. The molecule has 1 saturated heterocycles. The summed E-state index contributed by atoms with van der Waals surface area (Å²) in [6.07, 6.45) is 3.81. The van der Waals surface area contributed by atoms with E-state index in [1.807, 2.05) is 0 Å². The van der Waals surface area contributed by atoms with Gasteiger partial charge >= 0.3 is 6.55 Å². The van der Waals surface area contributed by atoms with Crippen molar-refractivity contribution < 1.29 is 8.78 Å². The van der Waals surface area contributed by atoms with Crippen LogP contribution in [0.25, 0.3) is 0 Å². The van der Waals surface area contributed by atoms with Gasteiger partial charge in [-0.1, -0.05) is 0 Å². The van der Waals surface area contributed by atoms with Gasteiger partial charge in [0, 0.05) is 25.5 Å². The molecule has 0 amide bonds. The third kappa shape index (κ3) is 4.68. The van der Waals surface area contributed by atoms with Crippen LogP contribution in [0.4, 0.5) is 8.78 Å². The van der Waals surface area contributed by atoms with Crippen molar-refractivity contribution in [3.63, 3.8) is 0 Å². The fraction of sp³-hybridized carbons (Fsp3) is 0.700. The van der Waals surface area contributed by atoms with Gasteiger partial charge in [0.05, 0.1) is 6.54 Å². The van der Waals surface area contributed by atoms with Gasteiger partial charge in [0.1, 0.15) is 5.82 Å². The smallest absolute Gasteiger partial charge is 0.315 e. The van der Waals surface area contributed by atoms with Crippen LogP contribution < -0.4 is 5.32 Å². The Morgan fingerprint density at radius 2 is 2.06 bits per heavy atom. The number of alkyl halides is 2. The molecule has 4 nitrogen and oxygen atoms in total. The molecule has 0 saturated carbocycles. The van der Waals surface area contributed by atoms with Crippen molar-refractivity contribution in [3.8, 4) is 0 Å². The first-order valence-electron chi connectivity index (χ1n) is 5.50. The summed E-state index contributed by atoms with van der Waals surface area (Å²) in [7, 11) is 0. The van der Waals surface area contributed by atoms with Gasteiger partial charge in [-0.2, -0.15) is 8.78 Å². The lowest BCUT2D eigenvalue weighted by Gasteiger charge is -2.19. The van der Waals surface area contributed by atoms with Crippen molar-refractivity contribution in [2.75, 3.05) is 26.2 Å². The molecule has 106 valence electrons. The van der Waals surface area contributed by atoms with E-state index in [0.717, 1.165) is 37.2 Å². The fourth-order valence-electron chi connectivity index (χ4n) is 1.90. The number of nitrogens with one attached hydrogen (secondary N) is 1. The third-order valence-corrected chi connectivity index (χ3v) is 2.76. The number of imidazole rings is 1. The Bertz CT molecular complexity index is 327. The molecular formula is C10H18Cl2F2N4. The van der Waals surface area contributed by atoms with Gasteiger partial charge in [0.2, 0.25) is 0 Å². The summed E-state index contributed by atoms with van der Waals surface area (Å²) in [5.41, 5.74) is 0. The highest BCUT2D eigenvalue weighted by molar-refractivity contribution is 5.85. The van der Waals surface area contributed by atoms with E-state index in [0.29, 0.717) is 12.4 Å². The summed E-state index contributed by atoms with van der Waals surface area (Å²) in [5, 5.41) is 3.28. The summed E-state index contributed by atoms with van der Waals surface area (Å²) < 4.78 is 26.1. The SMILES string of the molecule is Cl.Cl.FC(F)n1ccnc1CN1CCCNCC1. The summed E-state index contributed by atoms with van der Waals surface area (Å²) in [5.74, 6) is 0.442. The zero-order chi connectivity index (χ0) is 11.4. The van der Waals surface area contributed by atoms with Crippen molar-refractivity contribution in [1.29, 1.82) is 0 Å². The van der Waals surface area contributed by atoms with Crippen molar-refractivity contribution in [1.82, 2.24) is 19.8 Å². The summed E-state index contributed by atoms with van der Waals surface area (Å²) in [6, 6.07) is 0. The molecule has 1 aromatic heterocycles. The lowest BCUT2D eigenvalue weighted by Crippen LogP contribution is -2.29. The number of aromatic nitrogens is 2. The van der Waals surface area contributed by atoms with E-state index >= 15 is 0 Å². The van der Waals surface area contributed by atoms with Crippen LogP contribution in [0.5, 0.6) is 0 Å². The van der Waals surface area contributed by atoms with Gasteiger partial charge in [-0.05, 0) is 19.5 Å². The Hall–Kier alpha value is -0.430. The van der Waals surface area contributed by atoms with Crippen molar-refractivity contribution >= 4 is 24.8 Å². The van der Waals surface area contributed by atoms with E-state index in [2.05, 4.69) is 15.2 Å². The average molecular weight is 303 g/mol. The molecule has 1 aromatic rings. The first-order valence-corrected chi connectivity index (χ1v) is 5.50. The first kappa shape index (κ1) is 17.6. The highest BCUT2D eigenvalue weighted by Crippen LogP contribution is 2.14. The van der Waals surface area contributed by atoms with Crippen LogP contribution in [0.1, 0.15) is 18.8 Å². The van der Waals surface area contributed by atoms with Crippen LogP contribution in [0.15, 0.2) is 12.4 Å². The Morgan fingerprint density at radius 1 is 1.28 bits per heavy atom. The van der Waals surface area contributed by atoms with Crippen LogP contribution in [-0.4, -0.2) is 40.6 Å². The minimum absolute atomic E-state index is 0. The number of halogens is 4. The van der Waals surface area contributed by atoms with Crippen LogP contribution in [0.2, 0.25) is 0 Å². The van der Waals surface area contributed by atoms with E-state index in [1.165, 1.54) is 12.4 Å². The standard InChI is InChI=1S/C10H16F2N4.2ClH/c11-10(12)16-7-4-14-9(16)8-15-5-1-2-13-3-6-15;;/h4,7,10,13H,1-3,5-6,8H2;2*1H. The van der Waals surface area contributed by atoms with E-state index in [1.54, 1.807) is 0 Å². The van der Waals surface area contributed by atoms with Crippen LogP contribution in [0.3, 0.4) is 0 Å². The molecule has 1 fully saturated rings. The molecule has 1 N–H and O–H groups in total. The maximum absolute atomic E-state index is 12.6. The van der Waals surface area contributed by atoms with Crippen LogP contribution in [0, 0.1) is 0 Å². The predicted molar refractivity (Wildman–Crippen MR) is 70.7 cm³/mol. The molecule has 0 bridgehead atoms. The lowest BCUT2D eigenvalue weighted by atomic mass is 10.4. The Labute approximate surface area is 118 Å². The molecule has 2 heterocycles. The molecule has 0 radical (unpaired) electrons. The summed E-state index contributed by atoms with van der Waals surface area (Å²) in [6.45, 7) is 1.73. The van der Waals surface area contributed by atoms with Crippen molar-refractivity contribution in [3.05, 3.63) is 18.2 Å². The first-order chi connectivity index (χ1) is 7.77. The zero-order valence-corrected chi connectivity index (χ0v) is 11.5. The molecule has 2 rings (SSSR count). The van der Waals surface area contributed by atoms with Crippen LogP contribution >= 0.6 is 24.8 Å². The maximum Gasteiger partial charge on any atom is 0.319 e. The maximum atomic E-state index is 12.6. The van der Waals surface area contributed by atoms with E-state index in [9.17, 15) is 8.78 Å².